The first kappa shape index (κ1) is 15.2. The zero-order valence-electron chi connectivity index (χ0n) is 11.5. The maximum Gasteiger partial charge on any atom is 0.264 e. The molecule has 1 aliphatic heterocycles. The van der Waals surface area contributed by atoms with Gasteiger partial charge in [0.25, 0.3) is 5.91 Å². The van der Waals surface area contributed by atoms with E-state index in [1.165, 1.54) is 11.8 Å². The van der Waals surface area contributed by atoms with Gasteiger partial charge in [0, 0.05) is 18.9 Å². The Bertz CT molecular complexity index is 811. The number of aromatic nitrogens is 1. The van der Waals surface area contributed by atoms with Gasteiger partial charge in [-0.1, -0.05) is 23.2 Å². The summed E-state index contributed by atoms with van der Waals surface area (Å²) in [6, 6.07) is 8.93. The van der Waals surface area contributed by atoms with Crippen LogP contribution in [0.3, 0.4) is 0 Å². The number of rotatable bonds is 2. The van der Waals surface area contributed by atoms with E-state index in [1.54, 1.807) is 18.2 Å². The fourth-order valence-electron chi connectivity index (χ4n) is 1.91. The maximum atomic E-state index is 12.0. The highest BCUT2D eigenvalue weighted by molar-refractivity contribution is 8.18. The van der Waals surface area contributed by atoms with Crippen LogP contribution < -0.4 is 5.32 Å². The second kappa shape index (κ2) is 6.20. The van der Waals surface area contributed by atoms with E-state index in [1.807, 2.05) is 36.0 Å². The number of hydrogen-bond acceptors (Lipinski definition) is 3. The van der Waals surface area contributed by atoms with Gasteiger partial charge in [0.2, 0.25) is 0 Å². The van der Waals surface area contributed by atoms with Crippen molar-refractivity contribution in [3.05, 3.63) is 57.2 Å². The molecule has 1 saturated heterocycles. The first-order chi connectivity index (χ1) is 10.5. The summed E-state index contributed by atoms with van der Waals surface area (Å²) in [4.78, 5) is 17.0. The number of benzene rings is 1. The van der Waals surface area contributed by atoms with Crippen molar-refractivity contribution in [3.8, 4) is 0 Å². The Morgan fingerprint density at radius 1 is 1.27 bits per heavy atom. The molecule has 0 aliphatic carbocycles. The molecule has 0 bridgehead atoms. The van der Waals surface area contributed by atoms with Crippen molar-refractivity contribution >= 4 is 57.8 Å². The molecule has 1 aromatic heterocycles. The van der Waals surface area contributed by atoms with Crippen molar-refractivity contribution in [1.29, 1.82) is 0 Å². The molecule has 3 rings (SSSR count). The fourth-order valence-corrected chi connectivity index (χ4v) is 3.03. The molecule has 1 aliphatic rings. The number of halogens is 2. The van der Waals surface area contributed by atoms with Gasteiger partial charge in [0.15, 0.2) is 5.17 Å². The first-order valence-electron chi connectivity index (χ1n) is 6.39. The molecular formula is C15H11Cl2N3OS. The molecule has 2 heterocycles. The minimum absolute atomic E-state index is 0.162. The van der Waals surface area contributed by atoms with Crippen LogP contribution in [0.25, 0.3) is 6.08 Å². The molecule has 1 fully saturated rings. The number of amides is 1. The molecular weight excluding hydrogens is 341 g/mol. The molecule has 4 nitrogen and oxygen atoms in total. The third-order valence-electron chi connectivity index (χ3n) is 3.05. The molecule has 0 atom stereocenters. The third-order valence-corrected chi connectivity index (χ3v) is 4.70. The molecule has 0 radical (unpaired) electrons. The molecule has 1 amide bonds. The predicted molar refractivity (Wildman–Crippen MR) is 92.7 cm³/mol. The number of hydrogen-bond donors (Lipinski definition) is 1. The summed E-state index contributed by atoms with van der Waals surface area (Å²) in [5.41, 5.74) is 1.59. The zero-order chi connectivity index (χ0) is 15.7. The number of nitrogens with one attached hydrogen (secondary N) is 1. The molecule has 2 aromatic rings. The van der Waals surface area contributed by atoms with Gasteiger partial charge >= 0.3 is 0 Å². The molecule has 0 unspecified atom stereocenters. The SMILES string of the molecule is Cn1cccc1/C=C1\SC(=Nc2ccc(Cl)c(Cl)c2)NC1=O. The van der Waals surface area contributed by atoms with Crippen molar-refractivity contribution in [2.24, 2.45) is 12.0 Å². The van der Waals surface area contributed by atoms with Crippen LogP contribution in [0.2, 0.25) is 10.0 Å². The van der Waals surface area contributed by atoms with E-state index in [9.17, 15) is 4.79 Å². The minimum Gasteiger partial charge on any atom is -0.351 e. The highest BCUT2D eigenvalue weighted by Crippen LogP contribution is 2.30. The van der Waals surface area contributed by atoms with Crippen molar-refractivity contribution < 1.29 is 4.79 Å². The monoisotopic (exact) mass is 351 g/mol. The lowest BCUT2D eigenvalue weighted by atomic mass is 10.3. The van der Waals surface area contributed by atoms with E-state index >= 15 is 0 Å². The Kier molecular flexibility index (Phi) is 4.29. The van der Waals surface area contributed by atoms with E-state index in [2.05, 4.69) is 10.3 Å². The summed E-state index contributed by atoms with van der Waals surface area (Å²) in [5, 5.41) is 4.15. The second-order valence-electron chi connectivity index (χ2n) is 4.62. The standard InChI is InChI=1S/C15H11Cl2N3OS/c1-20-6-2-3-10(20)8-13-14(21)19-15(22-13)18-9-4-5-11(16)12(17)7-9/h2-8H,1H3,(H,18,19,21)/b13-8-. The molecule has 7 heteroatoms. The van der Waals surface area contributed by atoms with E-state index < -0.39 is 0 Å². The summed E-state index contributed by atoms with van der Waals surface area (Å²) < 4.78 is 1.94. The third kappa shape index (κ3) is 3.21. The van der Waals surface area contributed by atoms with Crippen LogP contribution in [0.1, 0.15) is 5.69 Å². The van der Waals surface area contributed by atoms with Crippen molar-refractivity contribution in [1.82, 2.24) is 9.88 Å². The Morgan fingerprint density at radius 2 is 2.09 bits per heavy atom. The number of thioether (sulfide) groups is 1. The molecule has 0 saturated carbocycles. The van der Waals surface area contributed by atoms with E-state index in [-0.39, 0.29) is 5.91 Å². The summed E-state index contributed by atoms with van der Waals surface area (Å²) in [5.74, 6) is -0.162. The largest absolute Gasteiger partial charge is 0.351 e. The van der Waals surface area contributed by atoms with Crippen LogP contribution in [-0.4, -0.2) is 15.6 Å². The van der Waals surface area contributed by atoms with Crippen molar-refractivity contribution in [2.45, 2.75) is 0 Å². The quantitative estimate of drug-likeness (QED) is 0.823. The average molecular weight is 352 g/mol. The lowest BCUT2D eigenvalue weighted by Crippen LogP contribution is -2.19. The summed E-state index contributed by atoms with van der Waals surface area (Å²) >= 11 is 13.1. The lowest BCUT2D eigenvalue weighted by Gasteiger charge is -1.99. The topological polar surface area (TPSA) is 46.4 Å². The molecule has 0 spiro atoms. The number of nitrogens with zero attached hydrogens (tertiary/aromatic N) is 2. The van der Waals surface area contributed by atoms with Gasteiger partial charge in [-0.15, -0.1) is 0 Å². The number of carbonyl (C=O) groups is 1. The predicted octanol–water partition coefficient (Wildman–Crippen LogP) is 4.22. The Hall–Kier alpha value is -1.69. The number of carbonyl (C=O) groups excluding carboxylic acids is 1. The lowest BCUT2D eigenvalue weighted by molar-refractivity contribution is -0.115. The van der Waals surface area contributed by atoms with Gasteiger partial charge in [0.1, 0.15) is 0 Å². The maximum absolute atomic E-state index is 12.0. The van der Waals surface area contributed by atoms with E-state index in [0.717, 1.165) is 5.69 Å². The summed E-state index contributed by atoms with van der Waals surface area (Å²) in [7, 11) is 1.93. The Balaban J connectivity index is 1.85. The molecule has 1 N–H and O–H groups in total. The molecule has 22 heavy (non-hydrogen) atoms. The summed E-state index contributed by atoms with van der Waals surface area (Å²) in [6.45, 7) is 0. The van der Waals surface area contributed by atoms with Crippen LogP contribution in [0.4, 0.5) is 5.69 Å². The van der Waals surface area contributed by atoms with Crippen molar-refractivity contribution in [2.75, 3.05) is 0 Å². The van der Waals surface area contributed by atoms with Crippen LogP contribution in [0.15, 0.2) is 46.4 Å². The van der Waals surface area contributed by atoms with Gasteiger partial charge in [-0.05, 0) is 48.2 Å². The highest BCUT2D eigenvalue weighted by Gasteiger charge is 2.24. The summed E-state index contributed by atoms with van der Waals surface area (Å²) in [6.07, 6.45) is 3.76. The Morgan fingerprint density at radius 3 is 2.77 bits per heavy atom. The van der Waals surface area contributed by atoms with Gasteiger partial charge < -0.3 is 9.88 Å². The van der Waals surface area contributed by atoms with Gasteiger partial charge in [-0.3, -0.25) is 4.79 Å². The van der Waals surface area contributed by atoms with Crippen LogP contribution in [-0.2, 0) is 11.8 Å². The Labute approximate surface area is 141 Å². The second-order valence-corrected chi connectivity index (χ2v) is 6.47. The first-order valence-corrected chi connectivity index (χ1v) is 7.96. The number of amidine groups is 1. The van der Waals surface area contributed by atoms with Gasteiger partial charge in [-0.25, -0.2) is 4.99 Å². The zero-order valence-corrected chi connectivity index (χ0v) is 13.8. The minimum atomic E-state index is -0.162. The smallest absolute Gasteiger partial charge is 0.264 e. The average Bonchev–Trinajstić information content (AvgIpc) is 3.02. The van der Waals surface area contributed by atoms with Crippen LogP contribution in [0, 0.1) is 0 Å². The van der Waals surface area contributed by atoms with Crippen LogP contribution in [0.5, 0.6) is 0 Å². The van der Waals surface area contributed by atoms with E-state index in [4.69, 9.17) is 23.2 Å². The van der Waals surface area contributed by atoms with Crippen LogP contribution >= 0.6 is 35.0 Å². The van der Waals surface area contributed by atoms with Crippen molar-refractivity contribution in [3.63, 3.8) is 0 Å². The number of aryl methyl sites for hydroxylation is 1. The normalized spacial score (nSPS) is 18.2. The molecule has 1 aromatic carbocycles. The number of aliphatic imine (C=N–C) groups is 1. The fraction of sp³-hybridized carbons (Fsp3) is 0.0667. The van der Waals surface area contributed by atoms with E-state index in [0.29, 0.717) is 25.8 Å². The van der Waals surface area contributed by atoms with Gasteiger partial charge in [0.05, 0.1) is 20.6 Å². The highest BCUT2D eigenvalue weighted by atomic mass is 35.5. The molecule has 112 valence electrons. The van der Waals surface area contributed by atoms with Gasteiger partial charge in [-0.2, -0.15) is 0 Å².